The van der Waals surface area contributed by atoms with Crippen LogP contribution in [0.4, 0.5) is 5.69 Å². The number of methoxy groups -OCH3 is 2. The van der Waals surface area contributed by atoms with Gasteiger partial charge in [0.15, 0.2) is 5.11 Å². The van der Waals surface area contributed by atoms with Crippen LogP contribution in [-0.4, -0.2) is 73.5 Å². The number of pyridine rings is 1. The fourth-order valence-electron chi connectivity index (χ4n) is 3.89. The van der Waals surface area contributed by atoms with Crippen molar-refractivity contribution in [3.8, 4) is 11.5 Å². The molecule has 180 valence electrons. The van der Waals surface area contributed by atoms with Gasteiger partial charge in [0.1, 0.15) is 11.5 Å². The highest BCUT2D eigenvalue weighted by Gasteiger charge is 2.17. The average molecular weight is 483 g/mol. The maximum absolute atomic E-state index is 12.9. The first-order chi connectivity index (χ1) is 16.6. The van der Waals surface area contributed by atoms with Gasteiger partial charge in [-0.3, -0.25) is 9.69 Å². The lowest BCUT2D eigenvalue weighted by Gasteiger charge is -2.31. The lowest BCUT2D eigenvalue weighted by molar-refractivity contribution is 0.0358. The molecule has 0 bridgehead atoms. The number of morpholine rings is 1. The summed E-state index contributed by atoms with van der Waals surface area (Å²) >= 11 is 5.77. The fourth-order valence-corrected chi connectivity index (χ4v) is 4.17. The van der Waals surface area contributed by atoms with Crippen molar-refractivity contribution in [2.45, 2.75) is 6.54 Å². The molecule has 2 heterocycles. The van der Waals surface area contributed by atoms with Crippen LogP contribution in [0.15, 0.2) is 53.3 Å². The molecule has 2 aromatic carbocycles. The van der Waals surface area contributed by atoms with E-state index >= 15 is 0 Å². The largest absolute Gasteiger partial charge is 0.497 e. The number of nitrogens with zero attached hydrogens (tertiary/aromatic N) is 2. The van der Waals surface area contributed by atoms with Gasteiger partial charge in [0.2, 0.25) is 0 Å². The third-order valence-electron chi connectivity index (χ3n) is 5.91. The van der Waals surface area contributed by atoms with E-state index in [1.165, 1.54) is 0 Å². The molecule has 0 unspecified atom stereocenters. The predicted octanol–water partition coefficient (Wildman–Crippen LogP) is 3.08. The molecular formula is C25H30N4O4S. The number of benzene rings is 2. The molecule has 1 aromatic heterocycles. The lowest BCUT2D eigenvalue weighted by Crippen LogP contribution is -2.44. The standard InChI is InChI=1S/C25H30N4O4S/c1-31-21-7-4-20(5-8-21)26-25(34)29(10-9-28-11-13-33-14-12-28)17-19-15-18-3-6-22(32-2)16-23(18)27-24(19)30/h3-8,15-16H,9-14,17H2,1-2H3,(H,26,34)(H,27,30). The Labute approximate surface area is 204 Å². The van der Waals surface area contributed by atoms with E-state index in [0.29, 0.717) is 29.5 Å². The Balaban J connectivity index is 1.54. The second-order valence-corrected chi connectivity index (χ2v) is 8.50. The van der Waals surface area contributed by atoms with Crippen molar-refractivity contribution in [2.24, 2.45) is 0 Å². The van der Waals surface area contributed by atoms with Gasteiger partial charge >= 0.3 is 0 Å². The van der Waals surface area contributed by atoms with E-state index in [1.807, 2.05) is 53.4 Å². The smallest absolute Gasteiger partial charge is 0.253 e. The number of ether oxygens (including phenoxy) is 3. The fraction of sp³-hybridized carbons (Fsp3) is 0.360. The van der Waals surface area contributed by atoms with Gasteiger partial charge in [-0.2, -0.15) is 0 Å². The van der Waals surface area contributed by atoms with E-state index in [4.69, 9.17) is 26.4 Å². The molecule has 0 aliphatic carbocycles. The molecule has 1 saturated heterocycles. The first-order valence-electron chi connectivity index (χ1n) is 11.3. The third kappa shape index (κ3) is 6.05. The van der Waals surface area contributed by atoms with Gasteiger partial charge in [-0.1, -0.05) is 0 Å². The maximum atomic E-state index is 12.9. The van der Waals surface area contributed by atoms with Crippen LogP contribution in [-0.2, 0) is 11.3 Å². The van der Waals surface area contributed by atoms with E-state index in [1.54, 1.807) is 14.2 Å². The van der Waals surface area contributed by atoms with Crippen LogP contribution in [0.3, 0.4) is 0 Å². The van der Waals surface area contributed by atoms with Crippen LogP contribution in [0.25, 0.3) is 10.9 Å². The Kier molecular flexibility index (Phi) is 7.99. The first-order valence-corrected chi connectivity index (χ1v) is 11.7. The van der Waals surface area contributed by atoms with Gasteiger partial charge < -0.3 is 29.4 Å². The van der Waals surface area contributed by atoms with Crippen molar-refractivity contribution in [1.82, 2.24) is 14.8 Å². The Morgan fingerprint density at radius 1 is 1.09 bits per heavy atom. The topological polar surface area (TPSA) is 79.1 Å². The number of hydrogen-bond donors (Lipinski definition) is 2. The highest BCUT2D eigenvalue weighted by Crippen LogP contribution is 2.20. The molecule has 2 N–H and O–H groups in total. The highest BCUT2D eigenvalue weighted by molar-refractivity contribution is 7.80. The highest BCUT2D eigenvalue weighted by atomic mass is 32.1. The minimum absolute atomic E-state index is 0.135. The monoisotopic (exact) mass is 482 g/mol. The summed E-state index contributed by atoms with van der Waals surface area (Å²) in [6, 6.07) is 15.2. The summed E-state index contributed by atoms with van der Waals surface area (Å²) in [5.74, 6) is 1.48. The minimum atomic E-state index is -0.135. The number of rotatable bonds is 8. The maximum Gasteiger partial charge on any atom is 0.253 e. The van der Waals surface area contributed by atoms with Gasteiger partial charge in [-0.05, 0) is 60.1 Å². The van der Waals surface area contributed by atoms with Crippen LogP contribution < -0.4 is 20.3 Å². The van der Waals surface area contributed by atoms with E-state index in [0.717, 1.165) is 55.2 Å². The average Bonchev–Trinajstić information content (AvgIpc) is 2.87. The normalized spacial score (nSPS) is 14.1. The number of fused-ring (bicyclic) bond motifs is 1. The van der Waals surface area contributed by atoms with Crippen LogP contribution in [0.2, 0.25) is 0 Å². The minimum Gasteiger partial charge on any atom is -0.497 e. The second-order valence-electron chi connectivity index (χ2n) is 8.11. The Morgan fingerprint density at radius 3 is 2.50 bits per heavy atom. The predicted molar refractivity (Wildman–Crippen MR) is 138 cm³/mol. The van der Waals surface area contributed by atoms with Crippen molar-refractivity contribution in [3.05, 3.63) is 64.4 Å². The third-order valence-corrected chi connectivity index (χ3v) is 6.27. The molecule has 0 spiro atoms. The summed E-state index contributed by atoms with van der Waals surface area (Å²) in [5, 5.41) is 4.81. The first kappa shape index (κ1) is 24.0. The molecule has 1 aliphatic heterocycles. The summed E-state index contributed by atoms with van der Waals surface area (Å²) in [4.78, 5) is 20.3. The molecule has 4 rings (SSSR count). The number of anilines is 1. The summed E-state index contributed by atoms with van der Waals surface area (Å²) in [5.41, 5.74) is 2.12. The quantitative estimate of drug-likeness (QED) is 0.475. The molecule has 3 aromatic rings. The molecule has 0 radical (unpaired) electrons. The van der Waals surface area contributed by atoms with Gasteiger partial charge in [-0.25, -0.2) is 0 Å². The summed E-state index contributed by atoms with van der Waals surface area (Å²) in [7, 11) is 3.24. The molecule has 1 aliphatic rings. The van der Waals surface area contributed by atoms with Gasteiger partial charge in [0.05, 0.1) is 39.5 Å². The van der Waals surface area contributed by atoms with E-state index in [9.17, 15) is 4.79 Å². The second kappa shape index (κ2) is 11.3. The molecule has 34 heavy (non-hydrogen) atoms. The van der Waals surface area contributed by atoms with Crippen molar-refractivity contribution in [3.63, 3.8) is 0 Å². The Bertz CT molecular complexity index is 1180. The Hall–Kier alpha value is -3.14. The van der Waals surface area contributed by atoms with E-state index in [2.05, 4.69) is 15.2 Å². The van der Waals surface area contributed by atoms with Crippen molar-refractivity contribution in [2.75, 3.05) is 58.9 Å². The van der Waals surface area contributed by atoms with Crippen LogP contribution >= 0.6 is 12.2 Å². The van der Waals surface area contributed by atoms with Crippen molar-refractivity contribution >= 4 is 33.9 Å². The SMILES string of the molecule is COc1ccc(NC(=S)N(CCN2CCOCC2)Cc2cc3ccc(OC)cc3[nH]c2=O)cc1. The molecule has 9 heteroatoms. The molecular weight excluding hydrogens is 452 g/mol. The number of H-pyrrole nitrogens is 1. The van der Waals surface area contributed by atoms with Crippen LogP contribution in [0.5, 0.6) is 11.5 Å². The summed E-state index contributed by atoms with van der Waals surface area (Å²) in [6.07, 6.45) is 0. The van der Waals surface area contributed by atoms with Crippen molar-refractivity contribution in [1.29, 1.82) is 0 Å². The zero-order chi connectivity index (χ0) is 23.9. The summed E-state index contributed by atoms with van der Waals surface area (Å²) < 4.78 is 16.0. The van der Waals surface area contributed by atoms with Gasteiger partial charge in [0.25, 0.3) is 5.56 Å². The summed E-state index contributed by atoms with van der Waals surface area (Å²) in [6.45, 7) is 5.17. The molecule has 8 nitrogen and oxygen atoms in total. The van der Waals surface area contributed by atoms with Gasteiger partial charge in [-0.15, -0.1) is 0 Å². The number of hydrogen-bond acceptors (Lipinski definition) is 6. The Morgan fingerprint density at radius 2 is 1.79 bits per heavy atom. The number of thiocarbonyl (C=S) groups is 1. The molecule has 0 atom stereocenters. The molecule has 0 amide bonds. The number of aromatic amines is 1. The number of nitrogens with one attached hydrogen (secondary N) is 2. The zero-order valence-corrected chi connectivity index (χ0v) is 20.3. The van der Waals surface area contributed by atoms with Crippen LogP contribution in [0.1, 0.15) is 5.56 Å². The van der Waals surface area contributed by atoms with Crippen LogP contribution in [0, 0.1) is 0 Å². The van der Waals surface area contributed by atoms with Crippen molar-refractivity contribution < 1.29 is 14.2 Å². The lowest BCUT2D eigenvalue weighted by atomic mass is 10.1. The zero-order valence-electron chi connectivity index (χ0n) is 19.5. The molecule has 1 fully saturated rings. The van der Waals surface area contributed by atoms with Gasteiger partial charge in [0, 0.05) is 43.5 Å². The van der Waals surface area contributed by atoms with E-state index in [-0.39, 0.29) is 5.56 Å². The van der Waals surface area contributed by atoms with E-state index < -0.39 is 0 Å². The number of aromatic nitrogens is 1. The molecule has 0 saturated carbocycles.